The van der Waals surface area contributed by atoms with Crippen molar-refractivity contribution in [2.45, 2.75) is 0 Å². The first-order valence-electron chi connectivity index (χ1n) is 5.73. The van der Waals surface area contributed by atoms with Crippen LogP contribution in [0, 0.1) is 11.3 Å². The Morgan fingerprint density at radius 3 is 2.40 bits per heavy atom. The summed E-state index contributed by atoms with van der Waals surface area (Å²) in [5, 5.41) is 17.6. The van der Waals surface area contributed by atoms with E-state index in [0.717, 1.165) is 0 Å². The molecule has 0 saturated carbocycles. The normalized spacial score (nSPS) is 9.60. The van der Waals surface area contributed by atoms with Crippen LogP contribution in [-0.2, 0) is 0 Å². The van der Waals surface area contributed by atoms with E-state index in [2.05, 4.69) is 0 Å². The molecule has 0 atom stereocenters. The van der Waals surface area contributed by atoms with E-state index in [1.54, 1.807) is 24.3 Å². The maximum Gasteiger partial charge on any atom is 0.335 e. The lowest BCUT2D eigenvalue weighted by molar-refractivity contribution is 0.0696. The highest BCUT2D eigenvalue weighted by molar-refractivity contribution is 5.88. The van der Waals surface area contributed by atoms with Crippen LogP contribution in [-0.4, -0.2) is 18.2 Å². The predicted molar refractivity (Wildman–Crippen MR) is 71.2 cm³/mol. The molecule has 5 nitrogen and oxygen atoms in total. The number of methoxy groups -OCH3 is 1. The van der Waals surface area contributed by atoms with Gasteiger partial charge in [0.2, 0.25) is 0 Å². The number of rotatable bonds is 4. The first kappa shape index (κ1) is 13.4. The van der Waals surface area contributed by atoms with Gasteiger partial charge in [0, 0.05) is 0 Å². The summed E-state index contributed by atoms with van der Waals surface area (Å²) in [7, 11) is 1.44. The highest BCUT2D eigenvalue weighted by Gasteiger charge is 2.10. The third kappa shape index (κ3) is 2.87. The quantitative estimate of drug-likeness (QED) is 0.922. The minimum absolute atomic E-state index is 0.119. The van der Waals surface area contributed by atoms with Crippen LogP contribution in [0.25, 0.3) is 0 Å². The van der Waals surface area contributed by atoms with Crippen LogP contribution in [0.15, 0.2) is 42.5 Å². The van der Waals surface area contributed by atoms with Crippen molar-refractivity contribution in [2.75, 3.05) is 7.11 Å². The molecule has 0 unspecified atom stereocenters. The molecular formula is C15H11NO4. The summed E-state index contributed by atoms with van der Waals surface area (Å²) in [6.07, 6.45) is 0. The minimum atomic E-state index is -1.03. The van der Waals surface area contributed by atoms with Crippen LogP contribution in [0.3, 0.4) is 0 Å². The molecule has 0 aliphatic rings. The summed E-state index contributed by atoms with van der Waals surface area (Å²) < 4.78 is 10.7. The molecule has 2 aromatic carbocycles. The van der Waals surface area contributed by atoms with Gasteiger partial charge in [0.15, 0.2) is 11.5 Å². The fraction of sp³-hybridized carbons (Fsp3) is 0.0667. The molecule has 20 heavy (non-hydrogen) atoms. The first-order valence-corrected chi connectivity index (χ1v) is 5.73. The number of carboxylic acids is 1. The molecule has 2 rings (SSSR count). The van der Waals surface area contributed by atoms with E-state index >= 15 is 0 Å². The molecule has 0 amide bonds. The van der Waals surface area contributed by atoms with E-state index in [-0.39, 0.29) is 5.56 Å². The molecule has 0 saturated heterocycles. The minimum Gasteiger partial charge on any atom is -0.493 e. The Morgan fingerprint density at radius 2 is 1.85 bits per heavy atom. The molecule has 0 heterocycles. The van der Waals surface area contributed by atoms with Crippen molar-refractivity contribution >= 4 is 5.97 Å². The van der Waals surface area contributed by atoms with Crippen molar-refractivity contribution in [3.63, 3.8) is 0 Å². The van der Waals surface area contributed by atoms with Gasteiger partial charge in [0.05, 0.1) is 24.3 Å². The van der Waals surface area contributed by atoms with Gasteiger partial charge in [0.1, 0.15) is 5.75 Å². The largest absolute Gasteiger partial charge is 0.493 e. The van der Waals surface area contributed by atoms with Crippen molar-refractivity contribution < 1.29 is 19.4 Å². The number of aromatic carboxylic acids is 1. The van der Waals surface area contributed by atoms with Crippen LogP contribution >= 0.6 is 0 Å². The Morgan fingerprint density at radius 1 is 1.15 bits per heavy atom. The highest BCUT2D eigenvalue weighted by atomic mass is 16.5. The fourth-order valence-corrected chi connectivity index (χ4v) is 1.61. The third-order valence-electron chi connectivity index (χ3n) is 2.62. The SMILES string of the molecule is COc1cc(C(=O)O)ccc1Oc1ccc(C#N)cc1. The van der Waals surface area contributed by atoms with Crippen molar-refractivity contribution in [3.8, 4) is 23.3 Å². The molecule has 0 aliphatic carbocycles. The van der Waals surface area contributed by atoms with Gasteiger partial charge in [-0.15, -0.1) is 0 Å². The van der Waals surface area contributed by atoms with Gasteiger partial charge in [-0.2, -0.15) is 5.26 Å². The van der Waals surface area contributed by atoms with Crippen LogP contribution in [0.1, 0.15) is 15.9 Å². The Labute approximate surface area is 115 Å². The molecule has 1 N–H and O–H groups in total. The Balaban J connectivity index is 2.28. The zero-order valence-electron chi connectivity index (χ0n) is 10.7. The number of hydrogen-bond acceptors (Lipinski definition) is 4. The second kappa shape index (κ2) is 5.76. The van der Waals surface area contributed by atoms with Gasteiger partial charge < -0.3 is 14.6 Å². The van der Waals surface area contributed by atoms with Gasteiger partial charge in [-0.05, 0) is 42.5 Å². The lowest BCUT2D eigenvalue weighted by atomic mass is 10.2. The Bertz CT molecular complexity index is 671. The molecule has 2 aromatic rings. The lowest BCUT2D eigenvalue weighted by Gasteiger charge is -2.10. The number of benzene rings is 2. The summed E-state index contributed by atoms with van der Waals surface area (Å²) in [6, 6.07) is 12.9. The van der Waals surface area contributed by atoms with Gasteiger partial charge in [-0.3, -0.25) is 0 Å². The van der Waals surface area contributed by atoms with Gasteiger partial charge >= 0.3 is 5.97 Å². The van der Waals surface area contributed by atoms with Crippen LogP contribution < -0.4 is 9.47 Å². The smallest absolute Gasteiger partial charge is 0.335 e. The van der Waals surface area contributed by atoms with Crippen LogP contribution in [0.2, 0.25) is 0 Å². The number of carboxylic acid groups (broad SMARTS) is 1. The van der Waals surface area contributed by atoms with E-state index in [0.29, 0.717) is 22.8 Å². The number of nitriles is 1. The zero-order valence-corrected chi connectivity index (χ0v) is 10.7. The van der Waals surface area contributed by atoms with Gasteiger partial charge in [-0.25, -0.2) is 4.79 Å². The molecule has 0 fully saturated rings. The standard InChI is InChI=1S/C15H11NO4/c1-19-14-8-11(15(17)18)4-7-13(14)20-12-5-2-10(9-16)3-6-12/h2-8H,1H3,(H,17,18). The molecule has 5 heteroatoms. The molecule has 0 spiro atoms. The first-order chi connectivity index (χ1) is 9.63. The average molecular weight is 269 g/mol. The second-order valence-electron chi connectivity index (χ2n) is 3.91. The summed E-state index contributed by atoms with van der Waals surface area (Å²) in [5.41, 5.74) is 0.652. The summed E-state index contributed by atoms with van der Waals surface area (Å²) in [4.78, 5) is 10.9. The van der Waals surface area contributed by atoms with Gasteiger partial charge in [0.25, 0.3) is 0 Å². The maximum atomic E-state index is 10.9. The zero-order chi connectivity index (χ0) is 14.5. The maximum absolute atomic E-state index is 10.9. The van der Waals surface area contributed by atoms with Crippen LogP contribution in [0.4, 0.5) is 0 Å². The van der Waals surface area contributed by atoms with E-state index in [1.807, 2.05) is 6.07 Å². The summed E-state index contributed by atoms with van der Waals surface area (Å²) in [5.74, 6) is 0.232. The van der Waals surface area contributed by atoms with E-state index in [9.17, 15) is 4.79 Å². The molecule has 0 radical (unpaired) electrons. The fourth-order valence-electron chi connectivity index (χ4n) is 1.61. The topological polar surface area (TPSA) is 79.6 Å². The number of ether oxygens (including phenoxy) is 2. The van der Waals surface area contributed by atoms with Gasteiger partial charge in [-0.1, -0.05) is 0 Å². The molecule has 0 aliphatic heterocycles. The molecular weight excluding hydrogens is 258 g/mol. The molecule has 0 aromatic heterocycles. The van der Waals surface area contributed by atoms with Crippen molar-refractivity contribution in [1.82, 2.24) is 0 Å². The van der Waals surface area contributed by atoms with Crippen LogP contribution in [0.5, 0.6) is 17.2 Å². The van der Waals surface area contributed by atoms with E-state index in [1.165, 1.54) is 25.3 Å². The van der Waals surface area contributed by atoms with E-state index < -0.39 is 5.97 Å². The van der Waals surface area contributed by atoms with E-state index in [4.69, 9.17) is 19.8 Å². The number of carbonyl (C=O) groups is 1. The summed E-state index contributed by atoms with van der Waals surface area (Å²) in [6.45, 7) is 0. The average Bonchev–Trinajstić information content (AvgIpc) is 2.48. The monoisotopic (exact) mass is 269 g/mol. The van der Waals surface area contributed by atoms with Crippen molar-refractivity contribution in [3.05, 3.63) is 53.6 Å². The molecule has 0 bridgehead atoms. The predicted octanol–water partition coefficient (Wildman–Crippen LogP) is 3.06. The highest BCUT2D eigenvalue weighted by Crippen LogP contribution is 2.32. The number of nitrogens with zero attached hydrogens (tertiary/aromatic N) is 1. The lowest BCUT2D eigenvalue weighted by Crippen LogP contribution is -1.98. The number of hydrogen-bond donors (Lipinski definition) is 1. The van der Waals surface area contributed by atoms with Crippen molar-refractivity contribution in [2.24, 2.45) is 0 Å². The third-order valence-corrected chi connectivity index (χ3v) is 2.62. The Kier molecular flexibility index (Phi) is 3.87. The Hall–Kier alpha value is -3.00. The van der Waals surface area contributed by atoms with Crippen molar-refractivity contribution in [1.29, 1.82) is 5.26 Å². The summed E-state index contributed by atoms with van der Waals surface area (Å²) >= 11 is 0. The molecule has 100 valence electrons. The second-order valence-corrected chi connectivity index (χ2v) is 3.91.